The van der Waals surface area contributed by atoms with Gasteiger partial charge in [0.15, 0.2) is 0 Å². The van der Waals surface area contributed by atoms with Crippen LogP contribution in [0.2, 0.25) is 0 Å². The van der Waals surface area contributed by atoms with E-state index in [-0.39, 0.29) is 12.1 Å². The van der Waals surface area contributed by atoms with Crippen molar-refractivity contribution in [2.45, 2.75) is 24.9 Å². The number of thioether (sulfide) groups is 1. The second-order valence-corrected chi connectivity index (χ2v) is 6.02. The van der Waals surface area contributed by atoms with Gasteiger partial charge in [0.1, 0.15) is 18.6 Å². The van der Waals surface area contributed by atoms with E-state index in [4.69, 9.17) is 11.1 Å². The molecule has 2 heterocycles. The van der Waals surface area contributed by atoms with Gasteiger partial charge in [-0.1, -0.05) is 0 Å². The molecule has 18 heavy (non-hydrogen) atoms. The Morgan fingerprint density at radius 1 is 1.50 bits per heavy atom. The van der Waals surface area contributed by atoms with Crippen LogP contribution >= 0.6 is 11.8 Å². The number of piperidine rings is 1. The zero-order chi connectivity index (χ0) is 13.0. The molecule has 0 aromatic rings. The van der Waals surface area contributed by atoms with Gasteiger partial charge >= 0.3 is 0 Å². The van der Waals surface area contributed by atoms with Crippen molar-refractivity contribution in [3.05, 3.63) is 5.21 Å². The molecule has 2 unspecified atom stereocenters. The molecular weight excluding hydrogens is 250 g/mol. The van der Waals surface area contributed by atoms with Gasteiger partial charge in [0.05, 0.1) is 12.6 Å². The minimum Gasteiger partial charge on any atom is -0.611 e. The molecule has 2 saturated heterocycles. The molecule has 2 aliphatic rings. The molecule has 0 radical (unpaired) electrons. The van der Waals surface area contributed by atoms with Crippen molar-refractivity contribution < 1.29 is 4.76 Å². The van der Waals surface area contributed by atoms with Crippen LogP contribution in [0.4, 0.5) is 0 Å². The van der Waals surface area contributed by atoms with E-state index in [1.54, 1.807) is 11.8 Å². The van der Waals surface area contributed by atoms with Crippen molar-refractivity contribution in [1.29, 1.82) is 5.26 Å². The van der Waals surface area contributed by atoms with Gasteiger partial charge in [-0.05, 0) is 0 Å². The van der Waals surface area contributed by atoms with Crippen molar-refractivity contribution in [3.8, 4) is 6.07 Å². The third kappa shape index (κ3) is 3.35. The first kappa shape index (κ1) is 14.1. The average Bonchev–Trinajstić information content (AvgIpc) is 2.85. The summed E-state index contributed by atoms with van der Waals surface area (Å²) in [4.78, 5) is 2.06. The molecule has 2 rings (SSSR count). The van der Waals surface area contributed by atoms with Crippen molar-refractivity contribution in [3.63, 3.8) is 0 Å². The standard InChI is InChI=1S/C11H21N5OS/c12-7-10-8-18-9-15(10)5-6-16(13,17)11-1-3-14-4-2-11/h10-11,14H,1-6,8-9,13H2. The molecule has 3 N–H and O–H groups in total. The fourth-order valence-electron chi connectivity index (χ4n) is 2.53. The van der Waals surface area contributed by atoms with E-state index in [1.807, 2.05) is 0 Å². The van der Waals surface area contributed by atoms with Gasteiger partial charge in [0.2, 0.25) is 0 Å². The molecule has 0 saturated carbocycles. The molecule has 0 aliphatic carbocycles. The van der Waals surface area contributed by atoms with Crippen LogP contribution in [0.25, 0.3) is 0 Å². The summed E-state index contributed by atoms with van der Waals surface area (Å²) in [5.74, 6) is 7.57. The second-order valence-electron chi connectivity index (χ2n) is 5.02. The zero-order valence-electron chi connectivity index (χ0n) is 10.5. The van der Waals surface area contributed by atoms with Crippen LogP contribution in [0.15, 0.2) is 0 Å². The van der Waals surface area contributed by atoms with Crippen LogP contribution in [0.5, 0.6) is 0 Å². The first-order chi connectivity index (χ1) is 8.63. The SMILES string of the molecule is N#CC1CSCN1CC[N+](N)([O-])C1CCNCC1. The maximum atomic E-state index is 12.4. The number of nitriles is 1. The van der Waals surface area contributed by atoms with Crippen LogP contribution in [0.3, 0.4) is 0 Å². The van der Waals surface area contributed by atoms with E-state index in [2.05, 4.69) is 16.3 Å². The van der Waals surface area contributed by atoms with Crippen molar-refractivity contribution in [1.82, 2.24) is 10.2 Å². The predicted octanol–water partition coefficient (Wildman–Crippen LogP) is -0.175. The highest BCUT2D eigenvalue weighted by Gasteiger charge is 2.31. The minimum absolute atomic E-state index is 0.00189. The fourth-order valence-corrected chi connectivity index (χ4v) is 3.68. The van der Waals surface area contributed by atoms with Crippen LogP contribution in [-0.2, 0) is 0 Å². The van der Waals surface area contributed by atoms with Crippen LogP contribution in [0.1, 0.15) is 12.8 Å². The second kappa shape index (κ2) is 6.19. The Hall–Kier alpha value is -0.360. The lowest BCUT2D eigenvalue weighted by molar-refractivity contribution is -0.917. The van der Waals surface area contributed by atoms with E-state index in [0.717, 1.165) is 37.6 Å². The molecule has 0 aromatic heterocycles. The number of hydrogen-bond acceptors (Lipinski definition) is 6. The Balaban J connectivity index is 1.82. The Morgan fingerprint density at radius 3 is 2.89 bits per heavy atom. The normalized spacial score (nSPS) is 29.9. The third-order valence-electron chi connectivity index (χ3n) is 3.79. The molecule has 2 fully saturated rings. The highest BCUT2D eigenvalue weighted by Crippen LogP contribution is 2.21. The van der Waals surface area contributed by atoms with Crippen LogP contribution < -0.4 is 11.2 Å². The highest BCUT2D eigenvalue weighted by atomic mass is 32.2. The molecule has 0 spiro atoms. The van der Waals surface area contributed by atoms with Gasteiger partial charge in [-0.15, -0.1) is 11.8 Å². The summed E-state index contributed by atoms with van der Waals surface area (Å²) in [6.45, 7) is 2.76. The summed E-state index contributed by atoms with van der Waals surface area (Å²) >= 11 is 1.74. The van der Waals surface area contributed by atoms with E-state index in [9.17, 15) is 5.21 Å². The average molecular weight is 271 g/mol. The van der Waals surface area contributed by atoms with Gasteiger partial charge in [-0.3, -0.25) is 9.66 Å². The molecule has 2 aliphatic heterocycles. The number of quaternary nitrogens is 1. The maximum absolute atomic E-state index is 12.4. The summed E-state index contributed by atoms with van der Waals surface area (Å²) in [6.07, 6.45) is 1.69. The lowest BCUT2D eigenvalue weighted by Crippen LogP contribution is -2.61. The molecule has 0 aromatic carbocycles. The number of nitrogens with zero attached hydrogens (tertiary/aromatic N) is 3. The Labute approximate surface area is 112 Å². The monoisotopic (exact) mass is 271 g/mol. The van der Waals surface area contributed by atoms with E-state index < -0.39 is 4.76 Å². The van der Waals surface area contributed by atoms with Gasteiger partial charge in [0, 0.05) is 37.6 Å². The minimum atomic E-state index is -0.652. The van der Waals surface area contributed by atoms with Gasteiger partial charge in [-0.25, -0.2) is 0 Å². The number of nitrogens with two attached hydrogens (primary N) is 1. The maximum Gasteiger partial charge on any atom is 0.109 e. The summed E-state index contributed by atoms with van der Waals surface area (Å²) < 4.78 is -0.652. The summed E-state index contributed by atoms with van der Waals surface area (Å²) in [5, 5.41) is 24.6. The quantitative estimate of drug-likeness (QED) is 0.419. The summed E-state index contributed by atoms with van der Waals surface area (Å²) in [7, 11) is 0. The molecule has 7 heteroatoms. The predicted molar refractivity (Wildman–Crippen MR) is 72.0 cm³/mol. The molecule has 0 amide bonds. The largest absolute Gasteiger partial charge is 0.611 e. The summed E-state index contributed by atoms with van der Waals surface area (Å²) in [5.41, 5.74) is 0. The number of nitrogens with one attached hydrogen (secondary N) is 1. The van der Waals surface area contributed by atoms with Crippen molar-refractivity contribution >= 4 is 11.8 Å². The molecule has 0 bridgehead atoms. The first-order valence-electron chi connectivity index (χ1n) is 6.43. The Bertz CT molecular complexity index is 313. The Kier molecular flexibility index (Phi) is 4.84. The van der Waals surface area contributed by atoms with Crippen molar-refractivity contribution in [2.75, 3.05) is 37.8 Å². The lowest BCUT2D eigenvalue weighted by atomic mass is 10.1. The topological polar surface area (TPSA) is 88.1 Å². The molecule has 6 nitrogen and oxygen atoms in total. The molecular formula is C11H21N5OS. The third-order valence-corrected chi connectivity index (χ3v) is 4.85. The highest BCUT2D eigenvalue weighted by molar-refractivity contribution is 7.99. The molecule has 102 valence electrons. The number of hydroxylamine groups is 2. The van der Waals surface area contributed by atoms with Crippen LogP contribution in [0, 0.1) is 16.5 Å². The van der Waals surface area contributed by atoms with Crippen LogP contribution in [-0.4, -0.2) is 59.5 Å². The fraction of sp³-hybridized carbons (Fsp3) is 0.909. The first-order valence-corrected chi connectivity index (χ1v) is 7.58. The van der Waals surface area contributed by atoms with Gasteiger partial charge in [0.25, 0.3) is 0 Å². The lowest BCUT2D eigenvalue weighted by Gasteiger charge is -2.45. The van der Waals surface area contributed by atoms with Crippen molar-refractivity contribution in [2.24, 2.45) is 5.84 Å². The van der Waals surface area contributed by atoms with E-state index in [0.29, 0.717) is 13.1 Å². The summed E-state index contributed by atoms with van der Waals surface area (Å²) in [6, 6.07) is 2.22. The number of hydrogen-bond donors (Lipinski definition) is 2. The van der Waals surface area contributed by atoms with E-state index in [1.165, 1.54) is 0 Å². The smallest absolute Gasteiger partial charge is 0.109 e. The zero-order valence-corrected chi connectivity index (χ0v) is 11.4. The number of rotatable bonds is 4. The van der Waals surface area contributed by atoms with E-state index >= 15 is 0 Å². The Morgan fingerprint density at radius 2 is 2.22 bits per heavy atom. The van der Waals surface area contributed by atoms with Gasteiger partial charge in [-0.2, -0.15) is 11.1 Å². The van der Waals surface area contributed by atoms with Gasteiger partial charge < -0.3 is 10.5 Å². The molecule has 2 atom stereocenters.